The van der Waals surface area contributed by atoms with Gasteiger partial charge in [0.05, 0.1) is 0 Å². The zero-order valence-corrected chi connectivity index (χ0v) is 50.6. The molecule has 0 aromatic heterocycles. The Morgan fingerprint density at radius 1 is 0.340 bits per heavy atom. The van der Waals surface area contributed by atoms with Gasteiger partial charge in [-0.1, -0.05) is 215 Å². The molecule has 0 amide bonds. The minimum Gasteiger partial charge on any atom is -0.440 e. The van der Waals surface area contributed by atoms with Crippen molar-refractivity contribution in [2.75, 3.05) is 0 Å². The molecule has 0 rings (SSSR count). The number of rotatable bonds is 16. The topological polar surface area (TPSA) is 0 Å². The van der Waals surface area contributed by atoms with Gasteiger partial charge in [0, 0.05) is 72.2 Å². The van der Waals surface area contributed by atoms with E-state index in [4.69, 9.17) is 11.1 Å². The molecule has 0 N–H and O–H groups in total. The molecule has 0 heterocycles. The fraction of sp³-hybridized carbons (Fsp3) is 1.00. The summed E-state index contributed by atoms with van der Waals surface area (Å²) < 4.78 is 0. The van der Waals surface area contributed by atoms with Crippen LogP contribution >= 0.6 is 11.1 Å². The Hall–Kier alpha value is 2.89. The molecule has 0 fully saturated rings. The minimum absolute atomic E-state index is 0.793. The van der Waals surface area contributed by atoms with Gasteiger partial charge in [-0.15, -0.1) is 14.3 Å². The molecule has 0 aromatic carbocycles. The molecule has 0 spiro atoms. The lowest BCUT2D eigenvalue weighted by Gasteiger charge is -2.70. The van der Waals surface area contributed by atoms with Crippen LogP contribution in [0.2, 0.25) is 187 Å². The summed E-state index contributed by atoms with van der Waals surface area (Å²) in [6, 6.07) is 0. The average molecular weight is 872 g/mol. The Balaban J connectivity index is 9.65. The first-order valence-corrected chi connectivity index (χ1v) is 58.9. The third-order valence-electron chi connectivity index (χ3n) is 11.5. The van der Waals surface area contributed by atoms with Crippen molar-refractivity contribution < 1.29 is 0 Å². The second-order valence-corrected chi connectivity index (χ2v) is 99.6. The van der Waals surface area contributed by atoms with Crippen LogP contribution in [-0.4, -0.2) is 94.6 Å². The molecule has 282 valence electrons. The van der Waals surface area contributed by atoms with E-state index in [-0.39, 0.29) is 0 Å². The Labute approximate surface area is 318 Å². The summed E-state index contributed by atoms with van der Waals surface area (Å²) in [7, 11) is -15.1. The van der Waals surface area contributed by atoms with E-state index < -0.39 is 86.5 Å². The zero-order valence-electron chi connectivity index (χ0n) is 37.8. The van der Waals surface area contributed by atoms with Crippen LogP contribution in [0.4, 0.5) is 0 Å². The van der Waals surface area contributed by atoms with Crippen molar-refractivity contribution in [1.82, 2.24) is 0 Å². The maximum atomic E-state index is 9.09. The normalized spacial score (nSPS) is 16.6. The Morgan fingerprint density at radius 3 is 0.660 bits per heavy atom. The molecular weight excluding hydrogens is 781 g/mol. The predicted molar refractivity (Wildman–Crippen MR) is 261 cm³/mol. The first-order valence-electron chi connectivity index (χ1n) is 19.3. The van der Waals surface area contributed by atoms with Gasteiger partial charge in [-0.25, -0.2) is 0 Å². The third-order valence-corrected chi connectivity index (χ3v) is 124. The highest BCUT2D eigenvalue weighted by molar-refractivity contribution is 7.69. The second kappa shape index (κ2) is 15.6. The predicted octanol–water partition coefficient (Wildman–Crippen LogP) is 14.2. The lowest BCUT2D eigenvalue weighted by atomic mass is 10.6. The van der Waals surface area contributed by atoms with E-state index in [2.05, 4.69) is 185 Å². The molecule has 0 radical (unpaired) electrons. The van der Waals surface area contributed by atoms with Crippen molar-refractivity contribution in [2.45, 2.75) is 215 Å². The van der Waals surface area contributed by atoms with Crippen molar-refractivity contribution in [3.63, 3.8) is 0 Å². The molecule has 0 saturated carbocycles. The minimum atomic E-state index is -2.04. The van der Waals surface area contributed by atoms with E-state index in [1.807, 2.05) is 0 Å². The lowest BCUT2D eigenvalue weighted by Crippen LogP contribution is -2.77. The molecule has 0 unspecified atom stereocenters. The summed E-state index contributed by atoms with van der Waals surface area (Å²) in [6.07, 6.45) is 0. The molecular formula is C34H90ClSi12-. The molecule has 0 aromatic rings. The zero-order chi connectivity index (χ0) is 38.7. The highest BCUT2D eigenvalue weighted by atomic mass is 35.6. The molecule has 0 aliphatic rings. The highest BCUT2D eigenvalue weighted by Crippen LogP contribution is 2.59. The van der Waals surface area contributed by atoms with Gasteiger partial charge in [-0.2, -0.15) is 11.1 Å². The number of halogens is 1. The van der Waals surface area contributed by atoms with E-state index in [0.29, 0.717) is 0 Å². The summed E-state index contributed by atoms with van der Waals surface area (Å²) >= 11 is 9.09. The van der Waals surface area contributed by atoms with Gasteiger partial charge in [0.1, 0.15) is 0 Å². The van der Waals surface area contributed by atoms with Crippen LogP contribution in [0, 0.1) is 0 Å². The molecule has 0 aliphatic heterocycles. The van der Waals surface area contributed by atoms with Crippen LogP contribution in [0.3, 0.4) is 0 Å². The van der Waals surface area contributed by atoms with Crippen LogP contribution in [0.15, 0.2) is 0 Å². The summed E-state index contributed by atoms with van der Waals surface area (Å²) in [4.78, 5) is 4.07. The highest BCUT2D eigenvalue weighted by Gasteiger charge is 2.63. The second-order valence-electron chi connectivity index (χ2n) is 25.3. The van der Waals surface area contributed by atoms with E-state index in [9.17, 15) is 0 Å². The fourth-order valence-electron chi connectivity index (χ4n) is 13.7. The van der Waals surface area contributed by atoms with Gasteiger partial charge in [-0.05, 0) is 0 Å². The first-order chi connectivity index (χ1) is 20.0. The fourth-order valence-corrected chi connectivity index (χ4v) is 218. The van der Waals surface area contributed by atoms with E-state index >= 15 is 0 Å². The van der Waals surface area contributed by atoms with Gasteiger partial charge in [0.2, 0.25) is 0 Å². The van der Waals surface area contributed by atoms with Crippen LogP contribution in [0.1, 0.15) is 27.7 Å². The summed E-state index contributed by atoms with van der Waals surface area (Å²) in [5, 5.41) is 0. The Kier molecular flexibility index (Phi) is 16.5. The average Bonchev–Trinajstić information content (AvgIpc) is 2.63. The van der Waals surface area contributed by atoms with Gasteiger partial charge in [0.25, 0.3) is 0 Å². The van der Waals surface area contributed by atoms with Crippen molar-refractivity contribution in [3.8, 4) is 0 Å². The molecule has 0 atom stereocenters. The lowest BCUT2D eigenvalue weighted by molar-refractivity contribution is 0.988. The van der Waals surface area contributed by atoms with E-state index in [1.165, 1.54) is 0 Å². The molecule has 0 bridgehead atoms. The number of hydrogen-bond donors (Lipinski definition) is 0. The smallest absolute Gasteiger partial charge is 0.0420 e. The van der Waals surface area contributed by atoms with E-state index in [1.54, 1.807) is 0 Å². The Morgan fingerprint density at radius 2 is 0.532 bits per heavy atom. The van der Waals surface area contributed by atoms with Crippen LogP contribution in [0.5, 0.6) is 0 Å². The van der Waals surface area contributed by atoms with Crippen molar-refractivity contribution >= 4 is 106 Å². The van der Waals surface area contributed by atoms with Crippen molar-refractivity contribution in [1.29, 1.82) is 0 Å². The Bertz CT molecular complexity index is 940. The largest absolute Gasteiger partial charge is 0.440 e. The maximum Gasteiger partial charge on any atom is 0.0420 e. The third kappa shape index (κ3) is 11.2. The van der Waals surface area contributed by atoms with Crippen molar-refractivity contribution in [3.05, 3.63) is 0 Å². The number of hydrogen-bond acceptors (Lipinski definition) is 0. The van der Waals surface area contributed by atoms with Crippen LogP contribution < -0.4 is 0 Å². The molecule has 47 heavy (non-hydrogen) atoms. The van der Waals surface area contributed by atoms with Gasteiger partial charge in [-0.3, -0.25) is 0 Å². The monoisotopic (exact) mass is 869 g/mol. The van der Waals surface area contributed by atoms with Crippen molar-refractivity contribution in [2.24, 2.45) is 0 Å². The quantitative estimate of drug-likeness (QED) is 0.107. The standard InChI is InChI=1S/C34H90ClSi12/c1-29(2)46(31(38(5,6)7)39(8,9)10,32(40(11,12)13)41(14,15)16)36-37(35)47(30(3)4,33(42(17,18)19)43(20,21)22)34(44(23,24)25)45(26,27)28/h29-34H,1-28H3/q-1. The van der Waals surface area contributed by atoms with Crippen LogP contribution in [-0.2, 0) is 0 Å². The van der Waals surface area contributed by atoms with E-state index in [0.717, 1.165) is 38.4 Å². The van der Waals surface area contributed by atoms with Gasteiger partial charge in [0.15, 0.2) is 0 Å². The first kappa shape index (κ1) is 49.9. The molecule has 0 aliphatic carbocycles. The molecule has 13 heteroatoms. The van der Waals surface area contributed by atoms with Gasteiger partial charge >= 0.3 is 0 Å². The molecule has 0 saturated heterocycles. The maximum absolute atomic E-state index is 9.09. The molecule has 0 nitrogen and oxygen atoms in total. The summed E-state index contributed by atoms with van der Waals surface area (Å²) in [6.45, 7) is 77.6. The van der Waals surface area contributed by atoms with Crippen LogP contribution in [0.25, 0.3) is 0 Å². The SMILES string of the molecule is CC(C)[Si]([Si-]=[Si](Cl)[Si](C(C)C)(C([Si](C)(C)C)[Si](C)(C)C)C([Si](C)(C)C)[Si](C)(C)C)(C([Si](C)(C)C)[Si](C)(C)C)C([Si](C)(C)C)[Si](C)(C)C. The summed E-state index contributed by atoms with van der Waals surface area (Å²) in [5.41, 5.74) is 1.63. The van der Waals surface area contributed by atoms with Gasteiger partial charge < -0.3 is 8.13 Å². The summed E-state index contributed by atoms with van der Waals surface area (Å²) in [5.74, 6) is 0.